The maximum Gasteiger partial charge on any atom is 0.309 e. The Morgan fingerprint density at radius 2 is 1.55 bits per heavy atom. The fourth-order valence-corrected chi connectivity index (χ4v) is 14.3. The predicted molar refractivity (Wildman–Crippen MR) is 221 cm³/mol. The number of esters is 1. The Balaban J connectivity index is 1.13. The molecule has 0 saturated heterocycles. The molecule has 1 heterocycles. The molecule has 0 aliphatic heterocycles. The summed E-state index contributed by atoms with van der Waals surface area (Å²) in [6.07, 6.45) is 9.20. The summed E-state index contributed by atoms with van der Waals surface area (Å²) in [6.45, 7) is 25.4. The van der Waals surface area contributed by atoms with Crippen molar-refractivity contribution in [2.24, 2.45) is 62.6 Å². The molecular weight excluding hydrogens is 731 g/mol. The molecule has 2 amide bonds. The number of nitrogens with zero attached hydrogens (tertiary/aromatic N) is 1. The number of rotatable bonds is 8. The first kappa shape index (κ1) is 42.6. The highest BCUT2D eigenvalue weighted by Crippen LogP contribution is 2.76. The smallest absolute Gasteiger partial charge is 0.309 e. The van der Waals surface area contributed by atoms with E-state index in [0.717, 1.165) is 61.8 Å². The SMILES string of the molecule is Cc1ccc(C(=O)NC(C)(C)C(=O)N[C@@]23CC[C@]4(C)[C@H](CC[C@@H]5[C@@]6(C)CC[C@H](OC(=O)[C@H]7C[C@@H](C(=O)O)C7(C)C)C(C)(C)C6CC[C@]54C)C2=C(C(C)C)C(=O)C3)cn1. The minimum absolute atomic E-state index is 0.0171. The zero-order valence-corrected chi connectivity index (χ0v) is 37.2. The van der Waals surface area contributed by atoms with Gasteiger partial charge in [-0.2, -0.15) is 0 Å². The number of carbonyl (C=O) groups is 5. The lowest BCUT2D eigenvalue weighted by Crippen LogP contribution is -2.68. The highest BCUT2D eigenvalue weighted by molar-refractivity contribution is 6.03. The fraction of sp³-hybridized carbons (Fsp3) is 0.750. The number of ether oxygens (including phenoxy) is 1. The molecule has 1 aromatic rings. The number of fused-ring (bicyclic) bond motifs is 7. The van der Waals surface area contributed by atoms with Crippen LogP contribution in [0, 0.1) is 69.5 Å². The van der Waals surface area contributed by atoms with Gasteiger partial charge in [-0.15, -0.1) is 0 Å². The van der Waals surface area contributed by atoms with E-state index in [0.29, 0.717) is 30.2 Å². The average molecular weight is 800 g/mol. The highest BCUT2D eigenvalue weighted by Gasteiger charge is 2.71. The number of hydrogen-bond donors (Lipinski definition) is 3. The van der Waals surface area contributed by atoms with Crippen LogP contribution in [0.1, 0.15) is 156 Å². The van der Waals surface area contributed by atoms with Crippen LogP contribution >= 0.6 is 0 Å². The largest absolute Gasteiger partial charge is 0.481 e. The number of allylic oxidation sites excluding steroid dienone is 1. The van der Waals surface area contributed by atoms with Gasteiger partial charge in [0.05, 0.1) is 22.9 Å². The first-order valence-electron chi connectivity index (χ1n) is 22.1. The molecule has 58 heavy (non-hydrogen) atoms. The Kier molecular flexibility index (Phi) is 10.1. The Labute approximate surface area is 345 Å². The van der Waals surface area contributed by atoms with E-state index in [9.17, 15) is 29.1 Å². The van der Waals surface area contributed by atoms with Crippen LogP contribution in [0.4, 0.5) is 0 Å². The second kappa shape index (κ2) is 13.7. The number of carbonyl (C=O) groups excluding carboxylic acids is 4. The standard InChI is InChI=1S/C48H69N3O7/c1-26(2)36-32(52)24-48(51-41(57)44(8,9)50-38(53)28-14-13-27(3)49-25-28)22-21-46(11)29(37(36)48)15-16-34-45(10)19-18-35(43(6,7)33(45)17-20-47(34,46)12)58-40(56)31-23-30(39(54)55)42(31,4)5/h13-14,25-26,29-31,33-35H,15-24H2,1-12H3,(H,50,53)(H,51,57)(H,54,55)/t29-,30+,31-,33?,34-,35+,45+,46-,47-,48-/m1/s1. The molecule has 10 heteroatoms. The summed E-state index contributed by atoms with van der Waals surface area (Å²) >= 11 is 0. The number of carboxylic acids is 1. The van der Waals surface area contributed by atoms with E-state index in [1.165, 1.54) is 6.20 Å². The van der Waals surface area contributed by atoms with Gasteiger partial charge in [0.1, 0.15) is 11.6 Å². The van der Waals surface area contributed by atoms with E-state index >= 15 is 0 Å². The number of hydrogen-bond acceptors (Lipinski definition) is 7. The van der Waals surface area contributed by atoms with Gasteiger partial charge in [-0.1, -0.05) is 62.3 Å². The summed E-state index contributed by atoms with van der Waals surface area (Å²) in [6, 6.07) is 3.48. The summed E-state index contributed by atoms with van der Waals surface area (Å²) < 4.78 is 6.41. The molecule has 3 N–H and O–H groups in total. The molecule has 0 radical (unpaired) electrons. The van der Waals surface area contributed by atoms with Gasteiger partial charge in [-0.25, -0.2) is 0 Å². The monoisotopic (exact) mass is 800 g/mol. The van der Waals surface area contributed by atoms with Gasteiger partial charge in [0.2, 0.25) is 5.91 Å². The number of ketones is 1. The van der Waals surface area contributed by atoms with E-state index in [-0.39, 0.29) is 69.6 Å². The van der Waals surface area contributed by atoms with Crippen LogP contribution in [-0.4, -0.2) is 56.8 Å². The molecule has 0 bridgehead atoms. The lowest BCUT2D eigenvalue weighted by Gasteiger charge is -2.72. The maximum atomic E-state index is 14.4. The van der Waals surface area contributed by atoms with E-state index in [1.807, 2.05) is 20.8 Å². The number of aromatic nitrogens is 1. The fourth-order valence-electron chi connectivity index (χ4n) is 14.3. The topological polar surface area (TPSA) is 152 Å². The molecule has 5 saturated carbocycles. The molecule has 7 rings (SSSR count). The number of nitrogens with one attached hydrogen (secondary N) is 2. The molecule has 6 aliphatic rings. The van der Waals surface area contributed by atoms with Gasteiger partial charge < -0.3 is 20.5 Å². The van der Waals surface area contributed by atoms with Crippen molar-refractivity contribution in [2.75, 3.05) is 0 Å². The zero-order chi connectivity index (χ0) is 42.8. The van der Waals surface area contributed by atoms with E-state index in [4.69, 9.17) is 4.74 Å². The quantitative estimate of drug-likeness (QED) is 0.222. The Hall–Kier alpha value is -3.56. The van der Waals surface area contributed by atoms with Gasteiger partial charge in [0.25, 0.3) is 5.91 Å². The molecule has 0 aromatic carbocycles. The van der Waals surface area contributed by atoms with Crippen LogP contribution in [0.15, 0.2) is 29.5 Å². The highest BCUT2D eigenvalue weighted by atomic mass is 16.5. The summed E-state index contributed by atoms with van der Waals surface area (Å²) in [4.78, 5) is 71.5. The second-order valence-corrected chi connectivity index (χ2v) is 22.3. The van der Waals surface area contributed by atoms with Crippen molar-refractivity contribution in [3.8, 4) is 0 Å². The minimum Gasteiger partial charge on any atom is -0.481 e. The summed E-state index contributed by atoms with van der Waals surface area (Å²) in [5.74, 6) is -1.63. The Morgan fingerprint density at radius 3 is 2.16 bits per heavy atom. The average Bonchev–Trinajstić information content (AvgIpc) is 3.41. The molecule has 10 nitrogen and oxygen atoms in total. The van der Waals surface area contributed by atoms with E-state index in [2.05, 4.69) is 64.1 Å². The van der Waals surface area contributed by atoms with Gasteiger partial charge in [0.15, 0.2) is 5.78 Å². The molecule has 6 aliphatic carbocycles. The van der Waals surface area contributed by atoms with Crippen molar-refractivity contribution < 1.29 is 33.8 Å². The van der Waals surface area contributed by atoms with Gasteiger partial charge in [-0.3, -0.25) is 29.0 Å². The number of carboxylic acid groups (broad SMARTS) is 1. The number of aliphatic carboxylic acids is 1. The maximum absolute atomic E-state index is 14.4. The number of pyridine rings is 1. The third-order valence-corrected chi connectivity index (χ3v) is 18.0. The summed E-state index contributed by atoms with van der Waals surface area (Å²) in [5.41, 5.74) is 0.207. The number of aryl methyl sites for hydroxylation is 1. The molecule has 1 unspecified atom stereocenters. The number of Topliss-reactive ketones (excluding diaryl/α,β-unsaturated/α-hetero) is 1. The van der Waals surface area contributed by atoms with E-state index < -0.39 is 34.3 Å². The third kappa shape index (κ3) is 6.13. The van der Waals surface area contributed by atoms with E-state index in [1.54, 1.807) is 26.0 Å². The summed E-state index contributed by atoms with van der Waals surface area (Å²) in [7, 11) is 0. The molecule has 1 aromatic heterocycles. The van der Waals surface area contributed by atoms with Crippen molar-refractivity contribution in [1.29, 1.82) is 0 Å². The van der Waals surface area contributed by atoms with Gasteiger partial charge in [-0.05, 0) is 147 Å². The number of amides is 2. The first-order valence-corrected chi connectivity index (χ1v) is 22.1. The summed E-state index contributed by atoms with van der Waals surface area (Å²) in [5, 5.41) is 16.1. The Morgan fingerprint density at radius 1 is 0.862 bits per heavy atom. The van der Waals surface area contributed by atoms with Crippen molar-refractivity contribution in [1.82, 2.24) is 15.6 Å². The van der Waals surface area contributed by atoms with Crippen LogP contribution in [0.2, 0.25) is 0 Å². The van der Waals surface area contributed by atoms with Crippen molar-refractivity contribution >= 4 is 29.5 Å². The molecule has 318 valence electrons. The lowest BCUT2D eigenvalue weighted by molar-refractivity contribution is -0.235. The molecule has 0 spiro atoms. The zero-order valence-electron chi connectivity index (χ0n) is 37.2. The second-order valence-electron chi connectivity index (χ2n) is 22.3. The molecule has 5 fully saturated rings. The van der Waals surface area contributed by atoms with Crippen molar-refractivity contribution in [3.63, 3.8) is 0 Å². The normalized spacial score (nSPS) is 38.7. The molecular formula is C48H69N3O7. The van der Waals surface area contributed by atoms with Crippen LogP contribution in [-0.2, 0) is 23.9 Å². The van der Waals surface area contributed by atoms with Crippen LogP contribution in [0.5, 0.6) is 0 Å². The first-order chi connectivity index (χ1) is 26.8. The minimum atomic E-state index is -1.24. The van der Waals surface area contributed by atoms with Crippen molar-refractivity contribution in [3.05, 3.63) is 40.7 Å². The van der Waals surface area contributed by atoms with Crippen LogP contribution in [0.25, 0.3) is 0 Å². The van der Waals surface area contributed by atoms with Gasteiger partial charge in [0, 0.05) is 23.7 Å². The third-order valence-electron chi connectivity index (χ3n) is 18.0. The van der Waals surface area contributed by atoms with Crippen molar-refractivity contribution in [2.45, 2.75) is 164 Å². The Bertz CT molecular complexity index is 1950. The predicted octanol–water partition coefficient (Wildman–Crippen LogP) is 8.41. The molecule has 10 atom stereocenters. The lowest BCUT2D eigenvalue weighted by atomic mass is 9.33. The van der Waals surface area contributed by atoms with Gasteiger partial charge >= 0.3 is 11.9 Å². The van der Waals surface area contributed by atoms with Crippen LogP contribution < -0.4 is 10.6 Å². The van der Waals surface area contributed by atoms with Crippen LogP contribution in [0.3, 0.4) is 0 Å².